The second-order valence-electron chi connectivity index (χ2n) is 6.89. The van der Waals surface area contributed by atoms with E-state index < -0.39 is 5.60 Å². The Kier molecular flexibility index (Phi) is 4.25. The van der Waals surface area contributed by atoms with Crippen LogP contribution in [0.3, 0.4) is 0 Å². The number of rotatable bonds is 4. The van der Waals surface area contributed by atoms with E-state index in [1.807, 2.05) is 60.7 Å². The van der Waals surface area contributed by atoms with Crippen molar-refractivity contribution in [3.05, 3.63) is 106 Å². The fraction of sp³-hybridized carbons (Fsp3) is 0.167. The molecule has 134 valence electrons. The summed E-state index contributed by atoms with van der Waals surface area (Å²) in [4.78, 5) is 23.3. The molecule has 1 heterocycles. The largest absolute Gasteiger partial charge is 0.356 e. The molecule has 1 aliphatic heterocycles. The Labute approximate surface area is 158 Å². The van der Waals surface area contributed by atoms with E-state index in [2.05, 4.69) is 12.1 Å². The van der Waals surface area contributed by atoms with Crippen molar-refractivity contribution in [1.29, 1.82) is 0 Å². The molecule has 27 heavy (non-hydrogen) atoms. The van der Waals surface area contributed by atoms with Crippen LogP contribution in [0.1, 0.15) is 56.8 Å². The average Bonchev–Trinajstić information content (AvgIpc) is 3.09. The second-order valence-corrected chi connectivity index (χ2v) is 6.89. The Hall–Kier alpha value is -3.04. The zero-order valence-corrected chi connectivity index (χ0v) is 15.4. The summed E-state index contributed by atoms with van der Waals surface area (Å²) in [6.45, 7) is 3.64. The van der Waals surface area contributed by atoms with Gasteiger partial charge in [-0.15, -0.1) is 0 Å². The van der Waals surface area contributed by atoms with E-state index >= 15 is 0 Å². The maximum Gasteiger partial charge on any atom is 0.159 e. The van der Waals surface area contributed by atoms with Gasteiger partial charge in [0.25, 0.3) is 0 Å². The molecule has 0 atom stereocenters. The van der Waals surface area contributed by atoms with Crippen molar-refractivity contribution in [2.45, 2.75) is 26.1 Å². The highest BCUT2D eigenvalue weighted by atomic mass is 16.5. The third kappa shape index (κ3) is 2.81. The number of ketones is 2. The van der Waals surface area contributed by atoms with Crippen LogP contribution in [-0.4, -0.2) is 11.6 Å². The number of benzene rings is 3. The number of Topliss-reactive ketones (excluding diaryl/α,β-unsaturated/α-hetero) is 2. The Bertz CT molecular complexity index is 957. The Morgan fingerprint density at radius 1 is 0.741 bits per heavy atom. The Balaban J connectivity index is 1.91. The molecular formula is C24H20O3. The lowest BCUT2D eigenvalue weighted by molar-refractivity contribution is 0.0267. The van der Waals surface area contributed by atoms with Crippen molar-refractivity contribution in [2.24, 2.45) is 0 Å². The first kappa shape index (κ1) is 17.4. The molecule has 0 N–H and O–H groups in total. The molecule has 0 unspecified atom stereocenters. The summed E-state index contributed by atoms with van der Waals surface area (Å²) in [6, 6.07) is 23.4. The summed E-state index contributed by atoms with van der Waals surface area (Å²) >= 11 is 0. The highest BCUT2D eigenvalue weighted by molar-refractivity contribution is 5.94. The summed E-state index contributed by atoms with van der Waals surface area (Å²) < 4.78 is 6.41. The van der Waals surface area contributed by atoms with Crippen LogP contribution in [0.15, 0.2) is 72.8 Å². The normalized spacial score (nSPS) is 14.6. The van der Waals surface area contributed by atoms with Crippen molar-refractivity contribution >= 4 is 11.6 Å². The lowest BCUT2D eigenvalue weighted by Gasteiger charge is -2.31. The third-order valence-electron chi connectivity index (χ3n) is 5.24. The lowest BCUT2D eigenvalue weighted by atomic mass is 9.79. The molecule has 1 aliphatic rings. The monoisotopic (exact) mass is 356 g/mol. The minimum absolute atomic E-state index is 0.0363. The molecule has 4 rings (SSSR count). The van der Waals surface area contributed by atoms with Crippen LogP contribution < -0.4 is 0 Å². The van der Waals surface area contributed by atoms with Gasteiger partial charge in [-0.05, 0) is 36.1 Å². The molecule has 3 aromatic rings. The molecule has 0 spiro atoms. The quantitative estimate of drug-likeness (QED) is 0.624. The zero-order valence-electron chi connectivity index (χ0n) is 15.4. The van der Waals surface area contributed by atoms with Gasteiger partial charge >= 0.3 is 0 Å². The SMILES string of the molecule is CC(=O)c1ccc(C2(c3ccc(C(C)=O)cc3)OCc3ccccc32)cc1. The molecule has 3 aromatic carbocycles. The maximum absolute atomic E-state index is 11.7. The Morgan fingerprint density at radius 2 is 1.22 bits per heavy atom. The van der Waals surface area contributed by atoms with Gasteiger partial charge in [0.2, 0.25) is 0 Å². The molecule has 0 aliphatic carbocycles. The third-order valence-corrected chi connectivity index (χ3v) is 5.24. The Morgan fingerprint density at radius 3 is 1.70 bits per heavy atom. The number of hydrogen-bond donors (Lipinski definition) is 0. The van der Waals surface area contributed by atoms with Gasteiger partial charge in [-0.3, -0.25) is 9.59 Å². The van der Waals surface area contributed by atoms with Gasteiger partial charge in [-0.1, -0.05) is 72.8 Å². The van der Waals surface area contributed by atoms with Gasteiger partial charge in [0.1, 0.15) is 5.60 Å². The minimum Gasteiger partial charge on any atom is -0.356 e. The van der Waals surface area contributed by atoms with Gasteiger partial charge in [0.05, 0.1) is 6.61 Å². The smallest absolute Gasteiger partial charge is 0.159 e. The summed E-state index contributed by atoms with van der Waals surface area (Å²) in [7, 11) is 0. The molecule has 0 radical (unpaired) electrons. The van der Waals surface area contributed by atoms with Crippen molar-refractivity contribution < 1.29 is 14.3 Å². The van der Waals surface area contributed by atoms with Crippen LogP contribution in [0, 0.1) is 0 Å². The van der Waals surface area contributed by atoms with Gasteiger partial charge < -0.3 is 4.74 Å². The predicted molar refractivity (Wildman–Crippen MR) is 104 cm³/mol. The topological polar surface area (TPSA) is 43.4 Å². The van der Waals surface area contributed by atoms with E-state index in [1.165, 1.54) is 0 Å². The molecule has 0 aromatic heterocycles. The maximum atomic E-state index is 11.7. The lowest BCUT2D eigenvalue weighted by Crippen LogP contribution is -2.28. The number of hydrogen-bond acceptors (Lipinski definition) is 3. The molecule has 0 fully saturated rings. The minimum atomic E-state index is -0.749. The molecule has 0 saturated carbocycles. The molecule has 3 heteroatoms. The molecule has 0 amide bonds. The number of carbonyl (C=O) groups excluding carboxylic acids is 2. The van der Waals surface area contributed by atoms with Crippen molar-refractivity contribution in [1.82, 2.24) is 0 Å². The molecule has 0 bridgehead atoms. The van der Waals surface area contributed by atoms with Gasteiger partial charge in [0.15, 0.2) is 11.6 Å². The van der Waals surface area contributed by atoms with E-state index in [0.29, 0.717) is 17.7 Å². The van der Waals surface area contributed by atoms with Crippen LogP contribution in [-0.2, 0) is 16.9 Å². The standard InChI is InChI=1S/C24H20O3/c1-16(25)18-7-11-21(12-8-18)24(22-13-9-19(10-14-22)17(2)26)23-6-4-3-5-20(23)15-27-24/h3-14H,15H2,1-2H3. The first-order chi connectivity index (χ1) is 13.0. The van der Waals surface area contributed by atoms with Crippen LogP contribution >= 0.6 is 0 Å². The first-order valence-electron chi connectivity index (χ1n) is 8.97. The van der Waals surface area contributed by atoms with Gasteiger partial charge in [-0.25, -0.2) is 0 Å². The van der Waals surface area contributed by atoms with Crippen LogP contribution in [0.4, 0.5) is 0 Å². The molecule has 3 nitrogen and oxygen atoms in total. The van der Waals surface area contributed by atoms with Crippen LogP contribution in [0.2, 0.25) is 0 Å². The molecular weight excluding hydrogens is 336 g/mol. The van der Waals surface area contributed by atoms with E-state index in [-0.39, 0.29) is 11.6 Å². The fourth-order valence-corrected chi connectivity index (χ4v) is 3.78. The number of fused-ring (bicyclic) bond motifs is 1. The number of carbonyl (C=O) groups is 2. The van der Waals surface area contributed by atoms with E-state index in [9.17, 15) is 9.59 Å². The first-order valence-corrected chi connectivity index (χ1v) is 8.97. The van der Waals surface area contributed by atoms with Gasteiger partial charge in [-0.2, -0.15) is 0 Å². The van der Waals surface area contributed by atoms with E-state index in [0.717, 1.165) is 22.3 Å². The fourth-order valence-electron chi connectivity index (χ4n) is 3.78. The highest BCUT2D eigenvalue weighted by Gasteiger charge is 2.43. The summed E-state index contributed by atoms with van der Waals surface area (Å²) in [6.07, 6.45) is 0. The molecule has 0 saturated heterocycles. The predicted octanol–water partition coefficient (Wildman–Crippen LogP) is 4.91. The van der Waals surface area contributed by atoms with Crippen molar-refractivity contribution in [2.75, 3.05) is 0 Å². The second kappa shape index (κ2) is 6.60. The van der Waals surface area contributed by atoms with Gasteiger partial charge in [0, 0.05) is 11.1 Å². The van der Waals surface area contributed by atoms with Crippen LogP contribution in [0.5, 0.6) is 0 Å². The van der Waals surface area contributed by atoms with Crippen molar-refractivity contribution in [3.8, 4) is 0 Å². The summed E-state index contributed by atoms with van der Waals surface area (Å²) in [5.74, 6) is 0.0725. The van der Waals surface area contributed by atoms with E-state index in [1.54, 1.807) is 13.8 Å². The number of ether oxygens (including phenoxy) is 1. The highest BCUT2D eigenvalue weighted by Crippen LogP contribution is 2.46. The van der Waals surface area contributed by atoms with Crippen LogP contribution in [0.25, 0.3) is 0 Å². The van der Waals surface area contributed by atoms with E-state index in [4.69, 9.17) is 4.74 Å². The summed E-state index contributed by atoms with van der Waals surface area (Å²) in [5, 5.41) is 0. The summed E-state index contributed by atoms with van der Waals surface area (Å²) in [5.41, 5.74) is 4.77. The van der Waals surface area contributed by atoms with Crippen molar-refractivity contribution in [3.63, 3.8) is 0 Å². The zero-order chi connectivity index (χ0) is 19.0. The average molecular weight is 356 g/mol.